The van der Waals surface area contributed by atoms with Crippen LogP contribution in [0.15, 0.2) is 36.4 Å². The van der Waals surface area contributed by atoms with E-state index in [1.807, 2.05) is 0 Å². The summed E-state index contributed by atoms with van der Waals surface area (Å²) in [5.41, 5.74) is 2.37. The number of rotatable bonds is 10. The van der Waals surface area contributed by atoms with Gasteiger partial charge in [-0.15, -0.1) is 0 Å². The molecule has 3 heterocycles. The lowest BCUT2D eigenvalue weighted by Gasteiger charge is -2.39. The number of nitrogens with two attached hydrogens (primary N) is 1. The topological polar surface area (TPSA) is 153 Å². The highest BCUT2D eigenvalue weighted by atomic mass is 35.5. The molecular weight excluding hydrogens is 824 g/mol. The fourth-order valence-corrected chi connectivity index (χ4v) is 8.07. The summed E-state index contributed by atoms with van der Waals surface area (Å²) in [7, 11) is -0.0687. The Morgan fingerprint density at radius 2 is 1.76 bits per heavy atom. The normalized spacial score (nSPS) is 17.3. The Bertz CT molecular complexity index is 2560. The van der Waals surface area contributed by atoms with E-state index in [0.717, 1.165) is 12.1 Å². The molecule has 21 heteroatoms. The van der Waals surface area contributed by atoms with Gasteiger partial charge in [0.2, 0.25) is 5.91 Å². The first-order valence-corrected chi connectivity index (χ1v) is 19.3. The van der Waals surface area contributed by atoms with E-state index in [4.69, 9.17) is 17.3 Å². The second-order valence-electron chi connectivity index (χ2n) is 14.2. The van der Waals surface area contributed by atoms with Crippen LogP contribution < -0.4 is 15.8 Å². The lowest BCUT2D eigenvalue weighted by atomic mass is 9.77. The van der Waals surface area contributed by atoms with Gasteiger partial charge in [-0.2, -0.15) is 19.0 Å². The van der Waals surface area contributed by atoms with Gasteiger partial charge in [0.25, 0.3) is 18.3 Å². The van der Waals surface area contributed by atoms with E-state index in [2.05, 4.69) is 37.1 Å². The number of nitrogens with zero attached hydrogens (tertiary/aromatic N) is 5. The summed E-state index contributed by atoms with van der Waals surface area (Å²) >= 11 is 6.60. The largest absolute Gasteiger partial charge is 0.396 e. The average molecular weight is 855 g/mol. The van der Waals surface area contributed by atoms with Crippen LogP contribution in [-0.2, 0) is 48.1 Å². The van der Waals surface area contributed by atoms with Crippen molar-refractivity contribution in [2.24, 2.45) is 7.05 Å². The van der Waals surface area contributed by atoms with E-state index in [1.165, 1.54) is 36.2 Å². The van der Waals surface area contributed by atoms with Crippen molar-refractivity contribution in [2.75, 3.05) is 16.7 Å². The summed E-state index contributed by atoms with van der Waals surface area (Å²) in [6.07, 6.45) is -5.41. The number of anilines is 2. The van der Waals surface area contributed by atoms with E-state index in [-0.39, 0.29) is 55.6 Å². The van der Waals surface area contributed by atoms with Crippen molar-refractivity contribution in [1.29, 1.82) is 0 Å². The lowest BCUT2D eigenvalue weighted by molar-refractivity contribution is -0.176. The van der Waals surface area contributed by atoms with Crippen LogP contribution in [0.5, 0.6) is 0 Å². The molecule has 2 aromatic carbocycles. The minimum Gasteiger partial charge on any atom is -0.396 e. The van der Waals surface area contributed by atoms with E-state index in [1.54, 1.807) is 0 Å². The maximum Gasteiger partial charge on any atom is 0.290 e. The van der Waals surface area contributed by atoms with Crippen molar-refractivity contribution in [1.82, 2.24) is 29.9 Å². The van der Waals surface area contributed by atoms with Crippen LogP contribution in [0.25, 0.3) is 22.0 Å². The van der Waals surface area contributed by atoms with E-state index < -0.39 is 108 Å². The first-order valence-electron chi connectivity index (χ1n) is 17.3. The standard InChI is InChI=1S/C37H31ClF8N8O3S/c1-53-31-20(3-4-23(38)28(31)34(51-53)52-58(2)57)22-13-24(47)25(6-7-35(56)15-36(43,44)16-35)49-29(22)26(11-17-9-18(39)12-19(40)10-17)48-27(55)14-54-32-21(5-8-37(32,45)46)30(50-54)33(41)42/h3-4,9-10,12-13,26,33,56H,5,8,11,14-16,47H2,1-2H3,(H,48,55)(H,51,52). The Kier molecular flexibility index (Phi) is 10.5. The highest BCUT2D eigenvalue weighted by molar-refractivity contribution is 7.85. The first-order chi connectivity index (χ1) is 27.1. The number of nitrogens with one attached hydrogen (secondary N) is 2. The molecule has 1 saturated carbocycles. The van der Waals surface area contributed by atoms with Crippen molar-refractivity contribution < 1.29 is 49.2 Å². The highest BCUT2D eigenvalue weighted by Gasteiger charge is 2.55. The molecule has 3 aromatic heterocycles. The molecule has 0 saturated heterocycles. The van der Waals surface area contributed by atoms with E-state index >= 15 is 0 Å². The van der Waals surface area contributed by atoms with Crippen LogP contribution >= 0.6 is 11.6 Å². The number of alkyl halides is 6. The first kappa shape index (κ1) is 40.9. The van der Waals surface area contributed by atoms with Crippen LogP contribution in [0.4, 0.5) is 46.6 Å². The Labute approximate surface area is 331 Å². The molecule has 0 spiro atoms. The van der Waals surface area contributed by atoms with Crippen LogP contribution in [0, 0.1) is 23.5 Å². The average Bonchev–Trinajstić information content (AvgIpc) is 3.73. The number of hydrogen-bond donors (Lipinski definition) is 4. The smallest absolute Gasteiger partial charge is 0.290 e. The van der Waals surface area contributed by atoms with Gasteiger partial charge in [-0.25, -0.2) is 35.5 Å². The number of halogens is 9. The van der Waals surface area contributed by atoms with Gasteiger partial charge in [-0.1, -0.05) is 23.6 Å². The molecule has 5 N–H and O–H groups in total. The molecule has 0 bridgehead atoms. The molecule has 1 amide bonds. The van der Waals surface area contributed by atoms with Gasteiger partial charge >= 0.3 is 0 Å². The van der Waals surface area contributed by atoms with Gasteiger partial charge in [0.05, 0.1) is 46.2 Å². The van der Waals surface area contributed by atoms with Gasteiger partial charge in [0.15, 0.2) is 5.82 Å². The number of hydrogen-bond acceptors (Lipinski definition) is 7. The summed E-state index contributed by atoms with van der Waals surface area (Å²) in [5, 5.41) is 21.7. The molecular formula is C37H31ClF8N8O3S. The third-order valence-electron chi connectivity index (χ3n) is 9.71. The number of pyridine rings is 1. The number of amides is 1. The Morgan fingerprint density at radius 1 is 1.07 bits per heavy atom. The van der Waals surface area contributed by atoms with Crippen molar-refractivity contribution in [3.8, 4) is 23.0 Å². The second-order valence-corrected chi connectivity index (χ2v) is 15.7. The number of aliphatic hydroxyl groups is 1. The molecule has 2 unspecified atom stereocenters. The number of aryl methyl sites for hydroxylation is 1. The molecule has 0 aliphatic heterocycles. The summed E-state index contributed by atoms with van der Waals surface area (Å²) in [4.78, 5) is 18.5. The Hall–Kier alpha value is -5.26. The highest BCUT2D eigenvalue weighted by Crippen LogP contribution is 2.46. The predicted octanol–water partition coefficient (Wildman–Crippen LogP) is 6.64. The van der Waals surface area contributed by atoms with E-state index in [0.29, 0.717) is 16.3 Å². The molecule has 2 aliphatic rings. The van der Waals surface area contributed by atoms with Crippen LogP contribution in [0.1, 0.15) is 65.6 Å². The van der Waals surface area contributed by atoms with Crippen molar-refractivity contribution in [3.05, 3.63) is 87.0 Å². The zero-order valence-corrected chi connectivity index (χ0v) is 31.8. The quantitative estimate of drug-likeness (QED) is 0.0909. The molecule has 11 nitrogen and oxygen atoms in total. The molecule has 2 atom stereocenters. The molecule has 1 fully saturated rings. The van der Waals surface area contributed by atoms with Gasteiger partial charge in [-0.05, 0) is 48.6 Å². The third-order valence-corrected chi connectivity index (χ3v) is 10.5. The molecule has 306 valence electrons. The zero-order chi connectivity index (χ0) is 42.1. The molecule has 5 aromatic rings. The summed E-state index contributed by atoms with van der Waals surface area (Å²) in [6.45, 7) is -0.993. The maximum atomic E-state index is 15.0. The van der Waals surface area contributed by atoms with Crippen LogP contribution in [-0.4, -0.2) is 57.5 Å². The molecule has 0 radical (unpaired) electrons. The fourth-order valence-electron chi connectivity index (χ4n) is 7.42. The Morgan fingerprint density at radius 3 is 2.40 bits per heavy atom. The number of nitrogen functional groups attached to an aromatic ring is 1. The van der Waals surface area contributed by atoms with Gasteiger partial charge in [0, 0.05) is 42.5 Å². The minimum absolute atomic E-state index is 0.0313. The van der Waals surface area contributed by atoms with Gasteiger partial charge < -0.3 is 16.2 Å². The summed E-state index contributed by atoms with van der Waals surface area (Å²) in [5.74, 6) is -4.77. The van der Waals surface area contributed by atoms with Gasteiger partial charge in [-0.3, -0.25) is 18.9 Å². The third kappa shape index (κ3) is 7.94. The molecule has 2 aliphatic carbocycles. The summed E-state index contributed by atoms with van der Waals surface area (Å²) in [6, 6.07) is 5.45. The van der Waals surface area contributed by atoms with E-state index in [9.17, 15) is 49.2 Å². The number of benzene rings is 2. The second kappa shape index (κ2) is 14.8. The molecule has 58 heavy (non-hydrogen) atoms. The zero-order valence-electron chi connectivity index (χ0n) is 30.2. The Balaban J connectivity index is 1.41. The predicted molar refractivity (Wildman–Crippen MR) is 197 cm³/mol. The lowest BCUT2D eigenvalue weighted by Crippen LogP contribution is -2.50. The number of fused-ring (bicyclic) bond motifs is 2. The van der Waals surface area contributed by atoms with Crippen molar-refractivity contribution in [3.63, 3.8) is 0 Å². The molecule has 7 rings (SSSR count). The fraction of sp³-hybridized carbons (Fsp3) is 0.351. The van der Waals surface area contributed by atoms with Crippen LogP contribution in [0.2, 0.25) is 5.02 Å². The SMILES string of the molecule is Cn1nc(NS(C)=O)c2c(Cl)ccc(-c3cc(N)c(C#CC4(O)CC(F)(F)C4)nc3C(Cc3cc(F)cc(F)c3)NC(=O)Cn3nc(C(F)F)c4c3C(F)(F)CC4)c21. The number of carbonyl (C=O) groups is 1. The number of carbonyl (C=O) groups excluding carboxylic acids is 1. The summed E-state index contributed by atoms with van der Waals surface area (Å²) < 4.78 is 131. The van der Waals surface area contributed by atoms with Gasteiger partial charge in [0.1, 0.15) is 51.8 Å². The van der Waals surface area contributed by atoms with Crippen molar-refractivity contribution in [2.45, 2.75) is 68.6 Å². The van der Waals surface area contributed by atoms with Crippen molar-refractivity contribution >= 4 is 50.9 Å². The minimum atomic E-state index is -3.58. The number of aromatic nitrogens is 5. The van der Waals surface area contributed by atoms with Crippen LogP contribution in [0.3, 0.4) is 0 Å². The maximum absolute atomic E-state index is 15.0. The monoisotopic (exact) mass is 854 g/mol.